The molecule has 1 rings (SSSR count). The molecule has 0 aliphatic heterocycles. The zero-order valence-corrected chi connectivity index (χ0v) is 11.0. The lowest BCUT2D eigenvalue weighted by Crippen LogP contribution is -2.31. The van der Waals surface area contributed by atoms with Gasteiger partial charge in [0.15, 0.2) is 0 Å². The summed E-state index contributed by atoms with van der Waals surface area (Å²) in [6, 6.07) is 6.51. The molecule has 96 valence electrons. The Hall–Kier alpha value is -0.910. The molecule has 0 bridgehead atoms. The molecule has 1 atom stereocenters. The van der Waals surface area contributed by atoms with Crippen molar-refractivity contribution < 1.29 is 13.5 Å². The Balaban J connectivity index is 2.85. The molecule has 0 aliphatic rings. The number of aliphatic hydroxyl groups excluding tert-OH is 1. The van der Waals surface area contributed by atoms with Crippen LogP contribution in [-0.4, -0.2) is 26.2 Å². The first-order valence-electron chi connectivity index (χ1n) is 5.71. The molecule has 1 aromatic carbocycles. The molecule has 0 radical (unpaired) electrons. The minimum absolute atomic E-state index is 0.0667. The first kappa shape index (κ1) is 14.2. The quantitative estimate of drug-likeness (QED) is 0.807. The van der Waals surface area contributed by atoms with E-state index in [0.29, 0.717) is 6.42 Å². The zero-order chi connectivity index (χ0) is 12.9. The molecule has 5 heteroatoms. The topological polar surface area (TPSA) is 66.4 Å². The van der Waals surface area contributed by atoms with Crippen molar-refractivity contribution in [1.29, 1.82) is 0 Å². The van der Waals surface area contributed by atoms with Gasteiger partial charge in [-0.1, -0.05) is 19.1 Å². The van der Waals surface area contributed by atoms with E-state index >= 15 is 0 Å². The van der Waals surface area contributed by atoms with Gasteiger partial charge in [0.05, 0.1) is 4.90 Å². The van der Waals surface area contributed by atoms with Crippen molar-refractivity contribution in [2.75, 3.05) is 6.61 Å². The number of nitrogens with one attached hydrogen (secondary N) is 1. The van der Waals surface area contributed by atoms with Gasteiger partial charge in [0.1, 0.15) is 0 Å². The van der Waals surface area contributed by atoms with Gasteiger partial charge in [-0.15, -0.1) is 0 Å². The predicted octanol–water partition coefficient (Wildman–Crippen LogP) is 1.30. The molecule has 1 unspecified atom stereocenters. The van der Waals surface area contributed by atoms with Crippen LogP contribution in [0.25, 0.3) is 0 Å². The Morgan fingerprint density at radius 1 is 1.29 bits per heavy atom. The molecular formula is C12H19NO3S. The molecule has 17 heavy (non-hydrogen) atoms. The number of hydrogen-bond acceptors (Lipinski definition) is 3. The summed E-state index contributed by atoms with van der Waals surface area (Å²) in [4.78, 5) is 0.263. The molecule has 0 fully saturated rings. The summed E-state index contributed by atoms with van der Waals surface area (Å²) in [6.45, 7) is 3.83. The van der Waals surface area contributed by atoms with Crippen LogP contribution in [0.1, 0.15) is 25.8 Å². The van der Waals surface area contributed by atoms with E-state index in [4.69, 9.17) is 5.11 Å². The van der Waals surface area contributed by atoms with Crippen LogP contribution in [0.15, 0.2) is 29.2 Å². The van der Waals surface area contributed by atoms with Gasteiger partial charge in [0, 0.05) is 12.6 Å². The number of rotatable bonds is 6. The van der Waals surface area contributed by atoms with Crippen molar-refractivity contribution in [3.63, 3.8) is 0 Å². The van der Waals surface area contributed by atoms with E-state index in [0.717, 1.165) is 12.0 Å². The fourth-order valence-electron chi connectivity index (χ4n) is 1.38. The average molecular weight is 257 g/mol. The molecule has 0 saturated carbocycles. The summed E-state index contributed by atoms with van der Waals surface area (Å²) in [5.74, 6) is 0. The van der Waals surface area contributed by atoms with Crippen molar-refractivity contribution in [2.45, 2.75) is 37.6 Å². The fraction of sp³-hybridized carbons (Fsp3) is 0.500. The van der Waals surface area contributed by atoms with Crippen molar-refractivity contribution in [3.8, 4) is 0 Å². The number of sulfonamides is 1. The van der Waals surface area contributed by atoms with E-state index in [1.807, 2.05) is 13.8 Å². The Labute approximate surface area is 103 Å². The molecule has 4 nitrogen and oxygen atoms in total. The lowest BCUT2D eigenvalue weighted by molar-refractivity contribution is 0.299. The molecule has 0 amide bonds. The van der Waals surface area contributed by atoms with Gasteiger partial charge >= 0.3 is 0 Å². The lowest BCUT2D eigenvalue weighted by Gasteiger charge is -2.12. The minimum atomic E-state index is -3.42. The number of benzene rings is 1. The van der Waals surface area contributed by atoms with Crippen molar-refractivity contribution in [3.05, 3.63) is 29.8 Å². The second-order valence-electron chi connectivity index (χ2n) is 4.05. The maximum atomic E-state index is 11.9. The van der Waals surface area contributed by atoms with Crippen LogP contribution in [0.2, 0.25) is 0 Å². The average Bonchev–Trinajstić information content (AvgIpc) is 2.29. The van der Waals surface area contributed by atoms with Crippen molar-refractivity contribution >= 4 is 10.0 Å². The van der Waals surface area contributed by atoms with Gasteiger partial charge in [-0.05, 0) is 37.5 Å². The van der Waals surface area contributed by atoms with E-state index in [-0.39, 0.29) is 17.5 Å². The zero-order valence-electron chi connectivity index (χ0n) is 10.2. The highest BCUT2D eigenvalue weighted by atomic mass is 32.2. The van der Waals surface area contributed by atoms with Crippen LogP contribution in [0.4, 0.5) is 0 Å². The molecule has 0 spiro atoms. The Morgan fingerprint density at radius 3 is 2.35 bits per heavy atom. The standard InChI is InChI=1S/C12H19NO3S/c1-3-10(2)13-17(15,16)12-6-4-11(5-7-12)8-9-14/h4-7,10,13-14H,3,8-9H2,1-2H3. The summed E-state index contributed by atoms with van der Waals surface area (Å²) in [7, 11) is -3.42. The van der Waals surface area contributed by atoms with Crippen LogP contribution < -0.4 is 4.72 Å². The van der Waals surface area contributed by atoms with Gasteiger partial charge in [0.2, 0.25) is 10.0 Å². The maximum Gasteiger partial charge on any atom is 0.240 e. The van der Waals surface area contributed by atoms with Gasteiger partial charge in [-0.25, -0.2) is 13.1 Å². The van der Waals surface area contributed by atoms with Crippen LogP contribution in [0.3, 0.4) is 0 Å². The first-order chi connectivity index (χ1) is 7.99. The molecule has 2 N–H and O–H groups in total. The molecule has 0 aliphatic carbocycles. The highest BCUT2D eigenvalue weighted by molar-refractivity contribution is 7.89. The molecule has 0 saturated heterocycles. The third-order valence-electron chi connectivity index (χ3n) is 2.60. The summed E-state index contributed by atoms with van der Waals surface area (Å²) in [5, 5.41) is 8.77. The SMILES string of the molecule is CCC(C)NS(=O)(=O)c1ccc(CCO)cc1. The van der Waals surface area contributed by atoms with Gasteiger partial charge in [-0.3, -0.25) is 0 Å². The van der Waals surface area contributed by atoms with Crippen LogP contribution >= 0.6 is 0 Å². The summed E-state index contributed by atoms with van der Waals surface area (Å²) >= 11 is 0. The maximum absolute atomic E-state index is 11.9. The predicted molar refractivity (Wildman–Crippen MR) is 67.3 cm³/mol. The molecule has 1 aromatic rings. The fourth-order valence-corrected chi connectivity index (χ4v) is 2.71. The summed E-state index contributed by atoms with van der Waals surface area (Å²) in [6.07, 6.45) is 1.29. The lowest BCUT2D eigenvalue weighted by atomic mass is 10.2. The van der Waals surface area contributed by atoms with E-state index in [2.05, 4.69) is 4.72 Å². The van der Waals surface area contributed by atoms with Crippen LogP contribution in [0, 0.1) is 0 Å². The molecular weight excluding hydrogens is 238 g/mol. The third kappa shape index (κ3) is 4.11. The highest BCUT2D eigenvalue weighted by Gasteiger charge is 2.15. The first-order valence-corrected chi connectivity index (χ1v) is 7.20. The van der Waals surface area contributed by atoms with Crippen molar-refractivity contribution in [1.82, 2.24) is 4.72 Å². The summed E-state index contributed by atoms with van der Waals surface area (Å²) in [5.41, 5.74) is 0.926. The van der Waals surface area contributed by atoms with E-state index in [9.17, 15) is 8.42 Å². The second-order valence-corrected chi connectivity index (χ2v) is 5.76. The second kappa shape index (κ2) is 6.14. The van der Waals surface area contributed by atoms with Gasteiger partial charge in [-0.2, -0.15) is 0 Å². The molecule has 0 aromatic heterocycles. The third-order valence-corrected chi connectivity index (χ3v) is 4.21. The Kier molecular flexibility index (Phi) is 5.11. The summed E-state index contributed by atoms with van der Waals surface area (Å²) < 4.78 is 26.4. The van der Waals surface area contributed by atoms with Crippen molar-refractivity contribution in [2.24, 2.45) is 0 Å². The van der Waals surface area contributed by atoms with E-state index < -0.39 is 10.0 Å². The minimum Gasteiger partial charge on any atom is -0.396 e. The van der Waals surface area contributed by atoms with Crippen LogP contribution in [-0.2, 0) is 16.4 Å². The number of aliphatic hydroxyl groups is 1. The smallest absolute Gasteiger partial charge is 0.240 e. The monoisotopic (exact) mass is 257 g/mol. The van der Waals surface area contributed by atoms with Gasteiger partial charge in [0.25, 0.3) is 0 Å². The Morgan fingerprint density at radius 2 is 1.88 bits per heavy atom. The van der Waals surface area contributed by atoms with Crippen LogP contribution in [0.5, 0.6) is 0 Å². The molecule has 0 heterocycles. The van der Waals surface area contributed by atoms with E-state index in [1.54, 1.807) is 24.3 Å². The largest absolute Gasteiger partial charge is 0.396 e. The normalized spacial score (nSPS) is 13.6. The van der Waals surface area contributed by atoms with Gasteiger partial charge < -0.3 is 5.11 Å². The highest BCUT2D eigenvalue weighted by Crippen LogP contribution is 2.11. The Bertz CT molecular complexity index is 439. The van der Waals surface area contributed by atoms with E-state index in [1.165, 1.54) is 0 Å². The number of hydrogen-bond donors (Lipinski definition) is 2.